The van der Waals surface area contributed by atoms with Crippen LogP contribution in [0.1, 0.15) is 16.7 Å². The highest BCUT2D eigenvalue weighted by Crippen LogP contribution is 2.33. The summed E-state index contributed by atoms with van der Waals surface area (Å²) in [6, 6.07) is 12.7. The first-order valence-electron chi connectivity index (χ1n) is 9.84. The van der Waals surface area contributed by atoms with E-state index in [2.05, 4.69) is 5.32 Å². The molecule has 0 radical (unpaired) electrons. The largest absolute Gasteiger partial charge is 0.419 e. The van der Waals surface area contributed by atoms with Crippen LogP contribution in [0, 0.1) is 18.6 Å². The van der Waals surface area contributed by atoms with Crippen molar-refractivity contribution in [3.63, 3.8) is 0 Å². The van der Waals surface area contributed by atoms with Crippen molar-refractivity contribution in [2.45, 2.75) is 24.5 Å². The number of nitrogens with zero attached hydrogens (tertiary/aromatic N) is 1. The molecule has 180 valence electrons. The van der Waals surface area contributed by atoms with Gasteiger partial charge in [0.1, 0.15) is 11.6 Å². The second kappa shape index (κ2) is 9.90. The zero-order valence-electron chi connectivity index (χ0n) is 17.7. The van der Waals surface area contributed by atoms with Crippen LogP contribution in [-0.2, 0) is 27.5 Å². The number of hydrogen-bond acceptors (Lipinski definition) is 3. The van der Waals surface area contributed by atoms with E-state index < -0.39 is 45.8 Å². The Balaban J connectivity index is 1.88. The number of aryl methyl sites for hydroxylation is 1. The summed E-state index contributed by atoms with van der Waals surface area (Å²) < 4.78 is 92.8. The van der Waals surface area contributed by atoms with Crippen LogP contribution in [0.3, 0.4) is 0 Å². The van der Waals surface area contributed by atoms with E-state index in [0.717, 1.165) is 28.1 Å². The molecule has 34 heavy (non-hydrogen) atoms. The number of anilines is 1. The van der Waals surface area contributed by atoms with E-state index in [1.54, 1.807) is 19.1 Å². The fourth-order valence-electron chi connectivity index (χ4n) is 3.06. The van der Waals surface area contributed by atoms with E-state index in [1.165, 1.54) is 24.3 Å². The van der Waals surface area contributed by atoms with Gasteiger partial charge in [0.15, 0.2) is 0 Å². The number of benzene rings is 3. The number of carbonyl (C=O) groups is 1. The first-order chi connectivity index (χ1) is 15.9. The van der Waals surface area contributed by atoms with Crippen LogP contribution in [-0.4, -0.2) is 25.2 Å². The van der Waals surface area contributed by atoms with E-state index in [1.807, 2.05) is 0 Å². The molecule has 0 saturated carbocycles. The number of sulfonamides is 1. The summed E-state index contributed by atoms with van der Waals surface area (Å²) in [5.74, 6) is -2.99. The van der Waals surface area contributed by atoms with E-state index >= 15 is 0 Å². The fraction of sp³-hybridized carbons (Fsp3) is 0.174. The molecule has 0 aliphatic rings. The van der Waals surface area contributed by atoms with Crippen molar-refractivity contribution < 1.29 is 35.2 Å². The molecule has 0 aliphatic heterocycles. The average Bonchev–Trinajstić information content (AvgIpc) is 2.75. The number of nitrogens with one attached hydrogen (secondary N) is 1. The number of rotatable bonds is 7. The normalized spacial score (nSPS) is 12.1. The van der Waals surface area contributed by atoms with Crippen LogP contribution in [0.25, 0.3) is 0 Å². The Kier molecular flexibility index (Phi) is 7.37. The molecular weight excluding hydrogens is 479 g/mol. The van der Waals surface area contributed by atoms with Gasteiger partial charge in [0.2, 0.25) is 15.9 Å². The van der Waals surface area contributed by atoms with Crippen molar-refractivity contribution >= 4 is 21.6 Å². The number of alkyl halides is 3. The number of amides is 1. The maximum absolute atomic E-state index is 13.5. The maximum atomic E-state index is 13.5. The predicted molar refractivity (Wildman–Crippen MR) is 115 cm³/mol. The SMILES string of the molecule is Cc1ccc(S(=O)(=O)N(CC(=O)Nc2ccc(F)c(C(F)(F)F)c2)Cc2ccc(F)cc2)cc1. The molecule has 3 aromatic rings. The second-order valence-corrected chi connectivity index (χ2v) is 9.39. The van der Waals surface area contributed by atoms with Crippen molar-refractivity contribution in [2.75, 3.05) is 11.9 Å². The van der Waals surface area contributed by atoms with Gasteiger partial charge in [-0.15, -0.1) is 0 Å². The average molecular weight is 498 g/mol. The van der Waals surface area contributed by atoms with Crippen molar-refractivity contribution in [1.29, 1.82) is 0 Å². The highest BCUT2D eigenvalue weighted by molar-refractivity contribution is 7.89. The summed E-state index contributed by atoms with van der Waals surface area (Å²) in [4.78, 5) is 12.5. The Hall–Kier alpha value is -3.31. The molecule has 0 aliphatic carbocycles. The highest BCUT2D eigenvalue weighted by Gasteiger charge is 2.34. The summed E-state index contributed by atoms with van der Waals surface area (Å²) in [5.41, 5.74) is -0.737. The molecule has 0 unspecified atom stereocenters. The van der Waals surface area contributed by atoms with E-state index in [9.17, 15) is 35.2 Å². The van der Waals surface area contributed by atoms with E-state index in [4.69, 9.17) is 0 Å². The Morgan fingerprint density at radius 1 is 0.941 bits per heavy atom. The molecular formula is C23H19F5N2O3S. The summed E-state index contributed by atoms with van der Waals surface area (Å²) in [7, 11) is -4.21. The van der Waals surface area contributed by atoms with Gasteiger partial charge in [-0.25, -0.2) is 17.2 Å². The zero-order chi connectivity index (χ0) is 25.1. The van der Waals surface area contributed by atoms with Gasteiger partial charge in [0.25, 0.3) is 0 Å². The smallest absolute Gasteiger partial charge is 0.325 e. The molecule has 0 aromatic heterocycles. The molecule has 0 heterocycles. The van der Waals surface area contributed by atoms with Gasteiger partial charge < -0.3 is 5.32 Å². The summed E-state index contributed by atoms with van der Waals surface area (Å²) in [6.45, 7) is 0.700. The van der Waals surface area contributed by atoms with E-state index in [0.29, 0.717) is 17.7 Å². The molecule has 11 heteroatoms. The molecule has 0 saturated heterocycles. The van der Waals surface area contributed by atoms with Crippen LogP contribution in [0.5, 0.6) is 0 Å². The Morgan fingerprint density at radius 3 is 2.15 bits per heavy atom. The minimum absolute atomic E-state index is 0.103. The van der Waals surface area contributed by atoms with Gasteiger partial charge in [-0.05, 0) is 55.0 Å². The van der Waals surface area contributed by atoms with Crippen LogP contribution in [0.4, 0.5) is 27.6 Å². The van der Waals surface area contributed by atoms with Gasteiger partial charge in [-0.2, -0.15) is 17.5 Å². The van der Waals surface area contributed by atoms with Gasteiger partial charge in [-0.3, -0.25) is 4.79 Å². The topological polar surface area (TPSA) is 66.5 Å². The predicted octanol–water partition coefficient (Wildman–Crippen LogP) is 5.12. The van der Waals surface area contributed by atoms with Crippen molar-refractivity contribution in [3.05, 3.63) is 95.1 Å². The first kappa shape index (κ1) is 25.3. The standard InChI is InChI=1S/C23H19F5N2O3S/c1-15-2-9-19(10-3-15)34(32,33)30(13-16-4-6-17(24)7-5-16)14-22(31)29-18-8-11-21(25)20(12-18)23(26,27)28/h2-12H,13-14H2,1H3,(H,29,31). The van der Waals surface area contributed by atoms with E-state index in [-0.39, 0.29) is 17.1 Å². The highest BCUT2D eigenvalue weighted by atomic mass is 32.2. The molecule has 0 atom stereocenters. The van der Waals surface area contributed by atoms with Crippen molar-refractivity contribution in [3.8, 4) is 0 Å². The third kappa shape index (κ3) is 6.17. The molecule has 3 rings (SSSR count). The van der Waals surface area contributed by atoms with Crippen LogP contribution in [0.2, 0.25) is 0 Å². The monoisotopic (exact) mass is 498 g/mol. The fourth-order valence-corrected chi connectivity index (χ4v) is 4.44. The van der Waals surface area contributed by atoms with Gasteiger partial charge in [0, 0.05) is 12.2 Å². The van der Waals surface area contributed by atoms with Gasteiger partial charge in [-0.1, -0.05) is 29.8 Å². The van der Waals surface area contributed by atoms with Crippen LogP contribution in [0.15, 0.2) is 71.6 Å². The lowest BCUT2D eigenvalue weighted by Crippen LogP contribution is -2.37. The lowest BCUT2D eigenvalue weighted by molar-refractivity contribution is -0.140. The van der Waals surface area contributed by atoms with Gasteiger partial charge >= 0.3 is 6.18 Å². The third-order valence-corrected chi connectivity index (χ3v) is 6.61. The molecule has 0 bridgehead atoms. The second-order valence-electron chi connectivity index (χ2n) is 7.45. The Morgan fingerprint density at radius 2 is 1.56 bits per heavy atom. The minimum atomic E-state index is -4.98. The summed E-state index contributed by atoms with van der Waals surface area (Å²) in [6.07, 6.45) is -4.98. The Labute approximate surface area is 192 Å². The quantitative estimate of drug-likeness (QED) is 0.460. The lowest BCUT2D eigenvalue weighted by Gasteiger charge is -2.22. The third-order valence-electron chi connectivity index (χ3n) is 4.81. The lowest BCUT2D eigenvalue weighted by atomic mass is 10.2. The zero-order valence-corrected chi connectivity index (χ0v) is 18.6. The molecule has 1 amide bonds. The summed E-state index contributed by atoms with van der Waals surface area (Å²) in [5, 5.41) is 2.17. The number of carbonyl (C=O) groups excluding carboxylic acids is 1. The molecule has 5 nitrogen and oxygen atoms in total. The molecule has 1 N–H and O–H groups in total. The molecule has 0 spiro atoms. The first-order valence-corrected chi connectivity index (χ1v) is 11.3. The summed E-state index contributed by atoms with van der Waals surface area (Å²) >= 11 is 0. The minimum Gasteiger partial charge on any atom is -0.325 e. The Bertz CT molecular complexity index is 1280. The number of hydrogen-bond donors (Lipinski definition) is 1. The van der Waals surface area contributed by atoms with Crippen LogP contribution < -0.4 is 5.32 Å². The van der Waals surface area contributed by atoms with Crippen molar-refractivity contribution in [2.24, 2.45) is 0 Å². The molecule has 0 fully saturated rings. The van der Waals surface area contributed by atoms with Gasteiger partial charge in [0.05, 0.1) is 17.0 Å². The number of halogens is 5. The molecule has 3 aromatic carbocycles. The van der Waals surface area contributed by atoms with Crippen molar-refractivity contribution in [1.82, 2.24) is 4.31 Å². The van der Waals surface area contributed by atoms with Crippen LogP contribution >= 0.6 is 0 Å². The maximum Gasteiger partial charge on any atom is 0.419 e.